The van der Waals surface area contributed by atoms with Crippen molar-refractivity contribution in [1.29, 1.82) is 0 Å². The van der Waals surface area contributed by atoms with Gasteiger partial charge in [0.25, 0.3) is 0 Å². The number of likely N-dealkylation sites (N-methyl/N-ethyl adjacent to an activating group) is 1. The summed E-state index contributed by atoms with van der Waals surface area (Å²) in [5, 5.41) is 4.18. The summed E-state index contributed by atoms with van der Waals surface area (Å²) >= 11 is 0. The van der Waals surface area contributed by atoms with Crippen molar-refractivity contribution >= 4 is 16.9 Å². The molecule has 0 spiro atoms. The van der Waals surface area contributed by atoms with Gasteiger partial charge in [0.15, 0.2) is 0 Å². The number of fused-ring (bicyclic) bond motifs is 1. The summed E-state index contributed by atoms with van der Waals surface area (Å²) in [5.74, 6) is 0.0998. The Bertz CT molecular complexity index is 777. The van der Waals surface area contributed by atoms with Crippen LogP contribution in [0.2, 0.25) is 0 Å². The first-order chi connectivity index (χ1) is 11.2. The number of aromatic nitrogens is 4. The van der Waals surface area contributed by atoms with Crippen LogP contribution in [-0.2, 0) is 11.3 Å². The van der Waals surface area contributed by atoms with Crippen LogP contribution in [-0.4, -0.2) is 43.2 Å². The molecule has 6 heteroatoms. The molecule has 1 unspecified atom stereocenters. The van der Waals surface area contributed by atoms with Crippen LogP contribution in [0, 0.1) is 0 Å². The SMILES string of the molecule is CCN(CCn1cccn1)C(=O)C(C)n1cnc2ccccc21. The maximum atomic E-state index is 12.8. The molecule has 0 saturated carbocycles. The van der Waals surface area contributed by atoms with Crippen molar-refractivity contribution in [2.45, 2.75) is 26.4 Å². The second kappa shape index (κ2) is 6.64. The molecule has 0 aliphatic carbocycles. The lowest BCUT2D eigenvalue weighted by molar-refractivity contribution is -0.134. The standard InChI is InChI=1S/C17H21N5O/c1-3-20(11-12-21-10-6-9-19-21)17(23)14(2)22-13-18-15-7-4-5-8-16(15)22/h4-10,13-14H,3,11-12H2,1-2H3. The van der Waals surface area contributed by atoms with E-state index in [-0.39, 0.29) is 11.9 Å². The summed E-state index contributed by atoms with van der Waals surface area (Å²) in [7, 11) is 0. The maximum Gasteiger partial charge on any atom is 0.245 e. The fraction of sp³-hybridized carbons (Fsp3) is 0.353. The Labute approximate surface area is 135 Å². The highest BCUT2D eigenvalue weighted by Gasteiger charge is 2.22. The van der Waals surface area contributed by atoms with Crippen molar-refractivity contribution < 1.29 is 4.79 Å². The van der Waals surface area contributed by atoms with Gasteiger partial charge in [-0.05, 0) is 32.0 Å². The van der Waals surface area contributed by atoms with Gasteiger partial charge in [0.2, 0.25) is 5.91 Å². The molecular formula is C17H21N5O. The lowest BCUT2D eigenvalue weighted by Crippen LogP contribution is -2.38. The van der Waals surface area contributed by atoms with E-state index in [1.807, 2.05) is 64.5 Å². The van der Waals surface area contributed by atoms with Crippen LogP contribution in [0.15, 0.2) is 49.1 Å². The van der Waals surface area contributed by atoms with E-state index >= 15 is 0 Å². The molecule has 0 aliphatic rings. The number of para-hydroxylation sites is 2. The molecule has 0 aliphatic heterocycles. The molecule has 3 rings (SSSR count). The number of rotatable bonds is 6. The molecule has 2 aromatic heterocycles. The number of amides is 1. The summed E-state index contributed by atoms with van der Waals surface area (Å²) < 4.78 is 3.78. The van der Waals surface area contributed by atoms with E-state index in [1.165, 1.54) is 0 Å². The molecule has 1 amide bonds. The minimum atomic E-state index is -0.278. The molecule has 3 aromatic rings. The first kappa shape index (κ1) is 15.3. The van der Waals surface area contributed by atoms with Gasteiger partial charge in [-0.15, -0.1) is 0 Å². The molecule has 0 N–H and O–H groups in total. The zero-order valence-corrected chi connectivity index (χ0v) is 13.5. The van der Waals surface area contributed by atoms with Crippen LogP contribution < -0.4 is 0 Å². The minimum absolute atomic E-state index is 0.0998. The first-order valence-corrected chi connectivity index (χ1v) is 7.88. The predicted molar refractivity (Wildman–Crippen MR) is 88.9 cm³/mol. The Hall–Kier alpha value is -2.63. The van der Waals surface area contributed by atoms with Crippen LogP contribution in [0.4, 0.5) is 0 Å². The second-order valence-corrected chi connectivity index (χ2v) is 5.50. The molecule has 1 aromatic carbocycles. The van der Waals surface area contributed by atoms with Gasteiger partial charge < -0.3 is 9.47 Å². The lowest BCUT2D eigenvalue weighted by atomic mass is 10.2. The third kappa shape index (κ3) is 3.11. The van der Waals surface area contributed by atoms with Crippen LogP contribution in [0.1, 0.15) is 19.9 Å². The number of hydrogen-bond donors (Lipinski definition) is 0. The topological polar surface area (TPSA) is 56.0 Å². The van der Waals surface area contributed by atoms with E-state index in [4.69, 9.17) is 0 Å². The first-order valence-electron chi connectivity index (χ1n) is 7.88. The lowest BCUT2D eigenvalue weighted by Gasteiger charge is -2.25. The van der Waals surface area contributed by atoms with Crippen LogP contribution in [0.5, 0.6) is 0 Å². The van der Waals surface area contributed by atoms with Gasteiger partial charge in [0.05, 0.1) is 23.9 Å². The Morgan fingerprint density at radius 3 is 2.87 bits per heavy atom. The predicted octanol–water partition coefficient (Wildman–Crippen LogP) is 2.34. The molecular weight excluding hydrogens is 290 g/mol. The van der Waals surface area contributed by atoms with Gasteiger partial charge in [-0.3, -0.25) is 9.48 Å². The van der Waals surface area contributed by atoms with E-state index < -0.39 is 0 Å². The Morgan fingerprint density at radius 2 is 2.13 bits per heavy atom. The quantitative estimate of drug-likeness (QED) is 0.702. The van der Waals surface area contributed by atoms with E-state index in [0.717, 1.165) is 11.0 Å². The normalized spacial score (nSPS) is 12.4. The van der Waals surface area contributed by atoms with E-state index in [0.29, 0.717) is 19.6 Å². The molecule has 1 atom stereocenters. The molecule has 23 heavy (non-hydrogen) atoms. The van der Waals surface area contributed by atoms with Crippen molar-refractivity contribution in [2.24, 2.45) is 0 Å². The fourth-order valence-corrected chi connectivity index (χ4v) is 2.75. The summed E-state index contributed by atoms with van der Waals surface area (Å²) in [6, 6.07) is 9.48. The molecule has 6 nitrogen and oxygen atoms in total. The van der Waals surface area contributed by atoms with Gasteiger partial charge in [-0.2, -0.15) is 5.10 Å². The Morgan fingerprint density at radius 1 is 1.30 bits per heavy atom. The molecule has 0 radical (unpaired) electrons. The van der Waals surface area contributed by atoms with Crippen LogP contribution >= 0.6 is 0 Å². The number of imidazole rings is 1. The highest BCUT2D eigenvalue weighted by atomic mass is 16.2. The Kier molecular flexibility index (Phi) is 4.41. The number of carbonyl (C=O) groups is 1. The minimum Gasteiger partial charge on any atom is -0.339 e. The van der Waals surface area contributed by atoms with Crippen LogP contribution in [0.3, 0.4) is 0 Å². The van der Waals surface area contributed by atoms with Gasteiger partial charge in [0.1, 0.15) is 6.04 Å². The number of carbonyl (C=O) groups excluding carboxylic acids is 1. The van der Waals surface area contributed by atoms with E-state index in [1.54, 1.807) is 12.5 Å². The average molecular weight is 311 g/mol. The largest absolute Gasteiger partial charge is 0.339 e. The molecule has 0 saturated heterocycles. The van der Waals surface area contributed by atoms with Crippen molar-refractivity contribution in [1.82, 2.24) is 24.2 Å². The number of nitrogens with zero attached hydrogens (tertiary/aromatic N) is 5. The molecule has 0 fully saturated rings. The van der Waals surface area contributed by atoms with Gasteiger partial charge in [0, 0.05) is 25.5 Å². The second-order valence-electron chi connectivity index (χ2n) is 5.50. The summed E-state index contributed by atoms with van der Waals surface area (Å²) in [6.07, 6.45) is 5.40. The average Bonchev–Trinajstić information content (AvgIpc) is 3.24. The zero-order chi connectivity index (χ0) is 16.2. The van der Waals surface area contributed by atoms with Crippen molar-refractivity contribution in [2.75, 3.05) is 13.1 Å². The summed E-state index contributed by atoms with van der Waals surface area (Å²) in [4.78, 5) is 19.1. The van der Waals surface area contributed by atoms with Crippen molar-refractivity contribution in [3.8, 4) is 0 Å². The monoisotopic (exact) mass is 311 g/mol. The maximum absolute atomic E-state index is 12.8. The van der Waals surface area contributed by atoms with Gasteiger partial charge in [-0.25, -0.2) is 4.98 Å². The molecule has 0 bridgehead atoms. The summed E-state index contributed by atoms with van der Waals surface area (Å²) in [5.41, 5.74) is 1.89. The number of benzene rings is 1. The van der Waals surface area contributed by atoms with Gasteiger partial charge in [-0.1, -0.05) is 12.1 Å². The highest BCUT2D eigenvalue weighted by molar-refractivity contribution is 5.83. The van der Waals surface area contributed by atoms with E-state index in [2.05, 4.69) is 10.1 Å². The third-order valence-corrected chi connectivity index (χ3v) is 4.11. The van der Waals surface area contributed by atoms with E-state index in [9.17, 15) is 4.79 Å². The molecule has 2 heterocycles. The fourth-order valence-electron chi connectivity index (χ4n) is 2.75. The van der Waals surface area contributed by atoms with Crippen molar-refractivity contribution in [3.63, 3.8) is 0 Å². The van der Waals surface area contributed by atoms with Crippen molar-refractivity contribution in [3.05, 3.63) is 49.1 Å². The number of hydrogen-bond acceptors (Lipinski definition) is 3. The zero-order valence-electron chi connectivity index (χ0n) is 13.5. The summed E-state index contributed by atoms with van der Waals surface area (Å²) in [6.45, 7) is 5.95. The van der Waals surface area contributed by atoms with Gasteiger partial charge >= 0.3 is 0 Å². The third-order valence-electron chi connectivity index (χ3n) is 4.11. The van der Waals surface area contributed by atoms with Crippen LogP contribution in [0.25, 0.3) is 11.0 Å². The Balaban J connectivity index is 1.74. The molecule has 120 valence electrons. The smallest absolute Gasteiger partial charge is 0.245 e. The highest BCUT2D eigenvalue weighted by Crippen LogP contribution is 2.19.